The van der Waals surface area contributed by atoms with Crippen LogP contribution in [0.2, 0.25) is 0 Å². The van der Waals surface area contributed by atoms with E-state index >= 15 is 0 Å². The second-order valence-electron chi connectivity index (χ2n) is 16.6. The lowest BCUT2D eigenvalue weighted by molar-refractivity contribution is 1.17. The van der Waals surface area contributed by atoms with Crippen LogP contribution in [0, 0.1) is 0 Å². The summed E-state index contributed by atoms with van der Waals surface area (Å²) in [5.41, 5.74) is 15.8. The van der Waals surface area contributed by atoms with Crippen molar-refractivity contribution in [3.05, 3.63) is 243 Å². The lowest BCUT2D eigenvalue weighted by atomic mass is 9.96. The average molecular weight is 817 g/mol. The molecule has 0 N–H and O–H groups in total. The third-order valence-electron chi connectivity index (χ3n) is 13.0. The summed E-state index contributed by atoms with van der Waals surface area (Å²) < 4.78 is 0. The van der Waals surface area contributed by atoms with Crippen LogP contribution >= 0.6 is 0 Å². The summed E-state index contributed by atoms with van der Waals surface area (Å²) >= 11 is 0. The monoisotopic (exact) mass is 816 g/mol. The first-order valence-corrected chi connectivity index (χ1v) is 21.9. The number of rotatable bonds is 5. The molecule has 11 aromatic carbocycles. The highest BCUT2D eigenvalue weighted by Gasteiger charge is 2.34. The van der Waals surface area contributed by atoms with Crippen LogP contribution in [0.15, 0.2) is 243 Å². The largest absolute Gasteiger partial charge is 0.306 e. The Hall–Kier alpha value is -8.60. The van der Waals surface area contributed by atoms with Crippen LogP contribution in [0.5, 0.6) is 0 Å². The molecule has 2 aliphatic rings. The van der Waals surface area contributed by atoms with Gasteiger partial charge >= 0.3 is 0 Å². The zero-order chi connectivity index (χ0) is 42.1. The first-order valence-electron chi connectivity index (χ1n) is 21.9. The molecule has 0 bridgehead atoms. The fraction of sp³-hybridized carbons (Fsp3) is 0. The Balaban J connectivity index is 1.06. The van der Waals surface area contributed by atoms with E-state index in [1.54, 1.807) is 0 Å². The molecule has 0 unspecified atom stereocenters. The van der Waals surface area contributed by atoms with E-state index in [0.717, 1.165) is 79.4 Å². The Morgan fingerprint density at radius 2 is 0.484 bits per heavy atom. The molecular formula is C60H40N4. The Morgan fingerprint density at radius 1 is 0.188 bits per heavy atom. The zero-order valence-electron chi connectivity index (χ0n) is 34.9. The molecule has 0 amide bonds. The minimum absolute atomic E-state index is 1.11. The standard InChI is InChI=1S/C60H40N4/c1-2-23-46(24-3-1)61-53-28-10-11-29-54(53)63(51-33-15-21-42-18-5-8-26-48(42)51)59-39-44(35-37-57(59)61)45-36-38-58-60(40-45)64(52-34-16-22-43-19-6-9-27-49(43)52)56-31-13-12-30-55(56)62(58)50-32-14-20-41-17-4-7-25-47(41)50/h1-40H. The molecular weight excluding hydrogens is 777 g/mol. The van der Waals surface area contributed by atoms with Crippen molar-refractivity contribution < 1.29 is 0 Å². The van der Waals surface area contributed by atoms with Gasteiger partial charge in [0.1, 0.15) is 0 Å². The Morgan fingerprint density at radius 3 is 0.922 bits per heavy atom. The van der Waals surface area contributed by atoms with E-state index in [0.29, 0.717) is 0 Å². The van der Waals surface area contributed by atoms with E-state index in [2.05, 4.69) is 262 Å². The van der Waals surface area contributed by atoms with Crippen molar-refractivity contribution in [1.29, 1.82) is 0 Å². The summed E-state index contributed by atoms with van der Waals surface area (Å²) in [6, 6.07) is 88.5. The van der Waals surface area contributed by atoms with Crippen molar-refractivity contribution in [3.8, 4) is 11.1 Å². The van der Waals surface area contributed by atoms with Crippen LogP contribution in [-0.4, -0.2) is 0 Å². The molecule has 0 aliphatic carbocycles. The number of para-hydroxylation sites is 5. The number of hydrogen-bond acceptors (Lipinski definition) is 4. The van der Waals surface area contributed by atoms with Crippen LogP contribution < -0.4 is 19.6 Å². The van der Waals surface area contributed by atoms with Crippen LogP contribution in [-0.2, 0) is 0 Å². The normalized spacial score (nSPS) is 12.9. The van der Waals surface area contributed by atoms with Crippen LogP contribution in [0.3, 0.4) is 0 Å². The number of fused-ring (bicyclic) bond motifs is 7. The van der Waals surface area contributed by atoms with Gasteiger partial charge in [-0.1, -0.05) is 164 Å². The Kier molecular flexibility index (Phi) is 8.18. The molecule has 0 aromatic heterocycles. The molecule has 4 nitrogen and oxygen atoms in total. The Bertz CT molecular complexity index is 3600. The highest BCUT2D eigenvalue weighted by molar-refractivity contribution is 6.12. The molecule has 64 heavy (non-hydrogen) atoms. The van der Waals surface area contributed by atoms with Crippen LogP contribution in [0.4, 0.5) is 68.2 Å². The van der Waals surface area contributed by atoms with Crippen molar-refractivity contribution in [2.75, 3.05) is 19.6 Å². The molecule has 300 valence electrons. The third kappa shape index (κ3) is 5.56. The molecule has 0 atom stereocenters. The molecule has 0 saturated heterocycles. The molecule has 4 heteroatoms. The minimum Gasteiger partial charge on any atom is -0.306 e. The van der Waals surface area contributed by atoms with E-state index in [-0.39, 0.29) is 0 Å². The summed E-state index contributed by atoms with van der Waals surface area (Å²) in [7, 11) is 0. The van der Waals surface area contributed by atoms with Gasteiger partial charge in [0, 0.05) is 21.8 Å². The first kappa shape index (κ1) is 36.1. The molecule has 0 radical (unpaired) electrons. The summed E-state index contributed by atoms with van der Waals surface area (Å²) in [6.07, 6.45) is 0. The second-order valence-corrected chi connectivity index (χ2v) is 16.6. The highest BCUT2D eigenvalue weighted by Crippen LogP contribution is 2.59. The van der Waals surface area contributed by atoms with Crippen molar-refractivity contribution in [2.24, 2.45) is 0 Å². The molecule has 13 rings (SSSR count). The quantitative estimate of drug-likeness (QED) is 0.172. The zero-order valence-corrected chi connectivity index (χ0v) is 34.9. The smallest absolute Gasteiger partial charge is 0.0709 e. The lowest BCUT2D eigenvalue weighted by Gasteiger charge is -2.41. The highest BCUT2D eigenvalue weighted by atomic mass is 15.3. The van der Waals surface area contributed by atoms with Gasteiger partial charge in [0.25, 0.3) is 0 Å². The van der Waals surface area contributed by atoms with Gasteiger partial charge < -0.3 is 19.6 Å². The third-order valence-corrected chi connectivity index (χ3v) is 13.0. The van der Waals surface area contributed by atoms with Crippen molar-refractivity contribution in [1.82, 2.24) is 0 Å². The lowest BCUT2D eigenvalue weighted by Crippen LogP contribution is -2.24. The Labute approximate surface area is 372 Å². The first-order chi connectivity index (χ1) is 31.8. The second kappa shape index (κ2) is 14.5. The van der Waals surface area contributed by atoms with E-state index in [1.807, 2.05) is 0 Å². The van der Waals surface area contributed by atoms with Crippen molar-refractivity contribution >= 4 is 101 Å². The number of benzene rings is 11. The molecule has 11 aromatic rings. The summed E-state index contributed by atoms with van der Waals surface area (Å²) in [5.74, 6) is 0. The van der Waals surface area contributed by atoms with Gasteiger partial charge in [-0.15, -0.1) is 0 Å². The van der Waals surface area contributed by atoms with Gasteiger partial charge in [-0.3, -0.25) is 0 Å². The van der Waals surface area contributed by atoms with E-state index in [1.165, 1.54) is 32.3 Å². The fourth-order valence-corrected chi connectivity index (χ4v) is 10.2. The van der Waals surface area contributed by atoms with Gasteiger partial charge in [-0.2, -0.15) is 0 Å². The number of anilines is 12. The molecule has 0 saturated carbocycles. The van der Waals surface area contributed by atoms with Gasteiger partial charge in [-0.25, -0.2) is 0 Å². The van der Waals surface area contributed by atoms with Gasteiger partial charge in [0.2, 0.25) is 0 Å². The van der Waals surface area contributed by atoms with Gasteiger partial charge in [0.05, 0.1) is 62.6 Å². The molecule has 0 spiro atoms. The predicted molar refractivity (Wildman–Crippen MR) is 270 cm³/mol. The van der Waals surface area contributed by atoms with Crippen molar-refractivity contribution in [2.45, 2.75) is 0 Å². The van der Waals surface area contributed by atoms with Crippen LogP contribution in [0.1, 0.15) is 0 Å². The van der Waals surface area contributed by atoms with Crippen molar-refractivity contribution in [3.63, 3.8) is 0 Å². The maximum absolute atomic E-state index is 2.48. The number of nitrogens with zero attached hydrogens (tertiary/aromatic N) is 4. The predicted octanol–water partition coefficient (Wildman–Crippen LogP) is 17.3. The van der Waals surface area contributed by atoms with E-state index < -0.39 is 0 Å². The van der Waals surface area contributed by atoms with Crippen LogP contribution in [0.25, 0.3) is 43.4 Å². The van der Waals surface area contributed by atoms with Gasteiger partial charge in [-0.05, 0) is 106 Å². The summed E-state index contributed by atoms with van der Waals surface area (Å²) in [5, 5.41) is 7.24. The minimum atomic E-state index is 1.11. The molecule has 2 aliphatic heterocycles. The van der Waals surface area contributed by atoms with E-state index in [9.17, 15) is 0 Å². The van der Waals surface area contributed by atoms with E-state index in [4.69, 9.17) is 0 Å². The molecule has 2 heterocycles. The maximum Gasteiger partial charge on any atom is 0.0709 e. The molecule has 0 fully saturated rings. The topological polar surface area (TPSA) is 13.0 Å². The summed E-state index contributed by atoms with van der Waals surface area (Å²) in [6.45, 7) is 0. The SMILES string of the molecule is c1ccc(N2c3ccccc3N(c3cccc4ccccc34)c3cc(-c4ccc5c(c4)N(c4cccc6ccccc46)c4ccccc4N5c4cccc5ccccc45)ccc32)cc1. The maximum atomic E-state index is 2.48. The van der Waals surface area contributed by atoms with Gasteiger partial charge in [0.15, 0.2) is 0 Å². The number of hydrogen-bond donors (Lipinski definition) is 0. The average Bonchev–Trinajstić information content (AvgIpc) is 3.37. The fourth-order valence-electron chi connectivity index (χ4n) is 10.2. The summed E-state index contributed by atoms with van der Waals surface area (Å²) in [4.78, 5) is 9.81.